The van der Waals surface area contributed by atoms with E-state index in [9.17, 15) is 18.4 Å². The second-order valence-electron chi connectivity index (χ2n) is 8.47. The largest absolute Gasteiger partial charge is 0.384 e. The molecule has 0 unspecified atom stereocenters. The third-order valence-electron chi connectivity index (χ3n) is 6.05. The zero-order valence-corrected chi connectivity index (χ0v) is 17.9. The number of nitrogens with two attached hydrogens (primary N) is 2. The SMILES string of the molecule is N=C(N)c1ccc2cc(C(=O)NC3CCC(F)(F)CC3)n(Cc3cccc(C(N)=O)c3)c2c1. The molecule has 1 aliphatic carbocycles. The molecule has 1 heterocycles. The van der Waals surface area contributed by atoms with Crippen molar-refractivity contribution < 1.29 is 18.4 Å². The molecule has 0 spiro atoms. The predicted octanol–water partition coefficient (Wildman–Crippen LogP) is 3.38. The monoisotopic (exact) mass is 453 g/mol. The first-order valence-corrected chi connectivity index (χ1v) is 10.7. The van der Waals surface area contributed by atoms with Crippen LogP contribution in [-0.4, -0.2) is 34.2 Å². The van der Waals surface area contributed by atoms with E-state index in [0.717, 1.165) is 10.9 Å². The Morgan fingerprint density at radius 3 is 2.45 bits per heavy atom. The third-order valence-corrected chi connectivity index (χ3v) is 6.05. The number of amides is 2. The van der Waals surface area contributed by atoms with E-state index >= 15 is 0 Å². The molecule has 4 rings (SSSR count). The number of fused-ring (bicyclic) bond motifs is 1. The van der Waals surface area contributed by atoms with E-state index in [4.69, 9.17) is 16.9 Å². The minimum absolute atomic E-state index is 0.102. The average molecular weight is 453 g/mol. The Kier molecular flexibility index (Phi) is 5.88. The topological polar surface area (TPSA) is 127 Å². The number of benzene rings is 2. The van der Waals surface area contributed by atoms with Crippen molar-refractivity contribution in [2.75, 3.05) is 0 Å². The normalized spacial score (nSPS) is 15.9. The number of alkyl halides is 2. The maximum Gasteiger partial charge on any atom is 0.268 e. The molecule has 172 valence electrons. The molecule has 1 aromatic heterocycles. The van der Waals surface area contributed by atoms with Crippen LogP contribution in [0.1, 0.15) is 57.7 Å². The van der Waals surface area contributed by atoms with Crippen LogP contribution in [0.5, 0.6) is 0 Å². The molecule has 33 heavy (non-hydrogen) atoms. The zero-order chi connectivity index (χ0) is 23.8. The van der Waals surface area contributed by atoms with Gasteiger partial charge in [-0.25, -0.2) is 8.78 Å². The van der Waals surface area contributed by atoms with Gasteiger partial charge in [0.25, 0.3) is 5.91 Å². The fourth-order valence-corrected chi connectivity index (χ4v) is 4.23. The van der Waals surface area contributed by atoms with Gasteiger partial charge < -0.3 is 21.4 Å². The highest BCUT2D eigenvalue weighted by Gasteiger charge is 2.35. The van der Waals surface area contributed by atoms with Gasteiger partial charge in [-0.2, -0.15) is 0 Å². The van der Waals surface area contributed by atoms with Crippen LogP contribution in [-0.2, 0) is 6.54 Å². The van der Waals surface area contributed by atoms with Gasteiger partial charge in [-0.15, -0.1) is 0 Å². The molecule has 0 saturated heterocycles. The van der Waals surface area contributed by atoms with E-state index in [0.29, 0.717) is 22.3 Å². The Hall–Kier alpha value is -3.75. The van der Waals surface area contributed by atoms with Crippen LogP contribution in [0.25, 0.3) is 10.9 Å². The molecule has 0 atom stereocenters. The van der Waals surface area contributed by atoms with Gasteiger partial charge in [0.1, 0.15) is 11.5 Å². The molecular weight excluding hydrogens is 428 g/mol. The van der Waals surface area contributed by atoms with Gasteiger partial charge in [0, 0.05) is 47.5 Å². The van der Waals surface area contributed by atoms with Gasteiger partial charge in [0.05, 0.1) is 0 Å². The lowest BCUT2D eigenvalue weighted by Crippen LogP contribution is -2.41. The number of hydrogen-bond acceptors (Lipinski definition) is 3. The second-order valence-corrected chi connectivity index (χ2v) is 8.47. The van der Waals surface area contributed by atoms with Crippen LogP contribution < -0.4 is 16.8 Å². The number of hydrogen-bond donors (Lipinski definition) is 4. The third kappa shape index (κ3) is 4.87. The number of carbonyl (C=O) groups is 2. The van der Waals surface area contributed by atoms with Crippen molar-refractivity contribution in [2.24, 2.45) is 11.5 Å². The standard InChI is InChI=1S/C24H25F2N5O2/c25-24(26)8-6-18(7-9-24)30-23(33)20-11-15-4-5-16(21(27)28)12-19(15)31(20)13-14-2-1-3-17(10-14)22(29)32/h1-5,10-12,18H,6-9,13H2,(H3,27,28)(H2,29,32)(H,30,33). The summed E-state index contributed by atoms with van der Waals surface area (Å²) in [5.74, 6) is -3.70. The summed E-state index contributed by atoms with van der Waals surface area (Å²) in [4.78, 5) is 24.8. The number of primary amides is 1. The van der Waals surface area contributed by atoms with Gasteiger partial charge in [-0.05, 0) is 42.7 Å². The van der Waals surface area contributed by atoms with Crippen molar-refractivity contribution in [3.05, 3.63) is 70.9 Å². The maximum absolute atomic E-state index is 13.5. The van der Waals surface area contributed by atoms with Gasteiger partial charge in [0.2, 0.25) is 11.8 Å². The number of halogens is 2. The summed E-state index contributed by atoms with van der Waals surface area (Å²) < 4.78 is 28.8. The van der Waals surface area contributed by atoms with Gasteiger partial charge in [-0.3, -0.25) is 15.0 Å². The van der Waals surface area contributed by atoms with Gasteiger partial charge in [-0.1, -0.05) is 24.3 Å². The van der Waals surface area contributed by atoms with Crippen molar-refractivity contribution >= 4 is 28.6 Å². The maximum atomic E-state index is 13.5. The van der Waals surface area contributed by atoms with Crippen LogP contribution in [0.3, 0.4) is 0 Å². The fourth-order valence-electron chi connectivity index (χ4n) is 4.23. The van der Waals surface area contributed by atoms with E-state index in [1.165, 1.54) is 0 Å². The first-order chi connectivity index (χ1) is 15.6. The Bertz CT molecular complexity index is 1240. The van der Waals surface area contributed by atoms with E-state index in [1.54, 1.807) is 47.0 Å². The summed E-state index contributed by atoms with van der Waals surface area (Å²) in [5.41, 5.74) is 13.7. The molecule has 6 N–H and O–H groups in total. The molecule has 0 radical (unpaired) electrons. The summed E-state index contributed by atoms with van der Waals surface area (Å²) in [6.07, 6.45) is -0.0617. The number of nitrogens with zero attached hydrogens (tertiary/aromatic N) is 1. The van der Waals surface area contributed by atoms with Crippen LogP contribution in [0.15, 0.2) is 48.5 Å². The van der Waals surface area contributed by atoms with Crippen molar-refractivity contribution in [1.29, 1.82) is 5.41 Å². The number of nitrogen functional groups attached to an aromatic ring is 1. The Morgan fingerprint density at radius 1 is 1.06 bits per heavy atom. The van der Waals surface area contributed by atoms with Crippen molar-refractivity contribution in [3.63, 3.8) is 0 Å². The molecule has 2 aromatic carbocycles. The highest BCUT2D eigenvalue weighted by molar-refractivity contribution is 6.02. The van der Waals surface area contributed by atoms with Gasteiger partial charge in [0.15, 0.2) is 0 Å². The molecule has 2 amide bonds. The summed E-state index contributed by atoms with van der Waals surface area (Å²) >= 11 is 0. The first kappa shape index (κ1) is 22.4. The van der Waals surface area contributed by atoms with Crippen LogP contribution >= 0.6 is 0 Å². The Labute approximate surface area is 189 Å². The van der Waals surface area contributed by atoms with E-state index in [2.05, 4.69) is 5.32 Å². The van der Waals surface area contributed by atoms with Crippen molar-refractivity contribution in [3.8, 4) is 0 Å². The lowest BCUT2D eigenvalue weighted by atomic mass is 9.92. The summed E-state index contributed by atoms with van der Waals surface area (Å²) in [7, 11) is 0. The highest BCUT2D eigenvalue weighted by Crippen LogP contribution is 2.33. The van der Waals surface area contributed by atoms with E-state index in [1.807, 2.05) is 6.07 Å². The van der Waals surface area contributed by atoms with Crippen LogP contribution in [0, 0.1) is 5.41 Å². The number of nitrogens with one attached hydrogen (secondary N) is 2. The first-order valence-electron chi connectivity index (χ1n) is 10.7. The molecular formula is C24H25F2N5O2. The number of amidine groups is 1. The fraction of sp³-hybridized carbons (Fsp3) is 0.292. The van der Waals surface area contributed by atoms with E-state index < -0.39 is 11.8 Å². The molecule has 7 nitrogen and oxygen atoms in total. The molecule has 1 saturated carbocycles. The van der Waals surface area contributed by atoms with Crippen molar-refractivity contribution in [1.82, 2.24) is 9.88 Å². The van der Waals surface area contributed by atoms with Crippen LogP contribution in [0.4, 0.5) is 8.78 Å². The second kappa shape index (κ2) is 8.65. The Morgan fingerprint density at radius 2 is 1.79 bits per heavy atom. The Balaban J connectivity index is 1.71. The smallest absolute Gasteiger partial charge is 0.268 e. The van der Waals surface area contributed by atoms with Gasteiger partial charge >= 0.3 is 0 Å². The molecule has 0 bridgehead atoms. The molecule has 1 fully saturated rings. The highest BCUT2D eigenvalue weighted by atomic mass is 19.3. The summed E-state index contributed by atoms with van der Waals surface area (Å²) in [5, 5.41) is 11.4. The predicted molar refractivity (Wildman–Crippen MR) is 122 cm³/mol. The van der Waals surface area contributed by atoms with Crippen LogP contribution in [0.2, 0.25) is 0 Å². The number of carbonyl (C=O) groups excluding carboxylic acids is 2. The van der Waals surface area contributed by atoms with E-state index in [-0.39, 0.29) is 50.0 Å². The minimum atomic E-state index is -2.68. The summed E-state index contributed by atoms with van der Waals surface area (Å²) in [6, 6.07) is 13.4. The molecule has 9 heteroatoms. The average Bonchev–Trinajstić information content (AvgIpc) is 3.13. The zero-order valence-electron chi connectivity index (χ0n) is 17.9. The lowest BCUT2D eigenvalue weighted by Gasteiger charge is -2.28. The molecule has 3 aromatic rings. The lowest BCUT2D eigenvalue weighted by molar-refractivity contribution is -0.0399. The quantitative estimate of drug-likeness (QED) is 0.337. The molecule has 0 aliphatic heterocycles. The molecule has 1 aliphatic rings. The minimum Gasteiger partial charge on any atom is -0.384 e. The summed E-state index contributed by atoms with van der Waals surface area (Å²) in [6.45, 7) is 0.261. The number of aromatic nitrogens is 1. The number of rotatable bonds is 6. The van der Waals surface area contributed by atoms with Crippen molar-refractivity contribution in [2.45, 2.75) is 44.2 Å².